The van der Waals surface area contributed by atoms with Gasteiger partial charge in [-0.25, -0.2) is 4.99 Å². The highest BCUT2D eigenvalue weighted by Gasteiger charge is 2.38. The highest BCUT2D eigenvalue weighted by Crippen LogP contribution is 2.32. The van der Waals surface area contributed by atoms with E-state index in [2.05, 4.69) is 10.3 Å². The zero-order valence-corrected chi connectivity index (χ0v) is 15.0. The summed E-state index contributed by atoms with van der Waals surface area (Å²) < 4.78 is 0. The van der Waals surface area contributed by atoms with Crippen LogP contribution < -0.4 is 5.32 Å². The number of nitrogens with zero attached hydrogens (tertiary/aromatic N) is 2. The molecular weight excluding hydrogens is 334 g/mol. The lowest BCUT2D eigenvalue weighted by Gasteiger charge is -2.13. The highest BCUT2D eigenvalue weighted by atomic mass is 35.5. The van der Waals surface area contributed by atoms with Crippen LogP contribution in [0.2, 0.25) is 5.02 Å². The Hall–Kier alpha value is -1.53. The summed E-state index contributed by atoms with van der Waals surface area (Å²) in [4.78, 5) is 30.3. The molecular formula is C16H20ClN3O2S. The molecule has 0 radical (unpaired) electrons. The van der Waals surface area contributed by atoms with Crippen LogP contribution in [0.5, 0.6) is 0 Å². The molecule has 5 nitrogen and oxygen atoms in total. The van der Waals surface area contributed by atoms with Gasteiger partial charge < -0.3 is 5.32 Å². The maximum Gasteiger partial charge on any atom is 0.242 e. The number of benzene rings is 1. The lowest BCUT2D eigenvalue weighted by molar-refractivity contribution is -0.129. The molecule has 1 N–H and O–H groups in total. The first kappa shape index (κ1) is 17.8. The van der Waals surface area contributed by atoms with Crippen molar-refractivity contribution in [3.63, 3.8) is 0 Å². The number of carbonyl (C=O) groups excluding carboxylic acids is 2. The second-order valence-corrected chi connectivity index (χ2v) is 6.75. The van der Waals surface area contributed by atoms with Crippen LogP contribution in [0.1, 0.15) is 25.8 Å². The van der Waals surface area contributed by atoms with Crippen LogP contribution in [-0.2, 0) is 9.59 Å². The van der Waals surface area contributed by atoms with Crippen molar-refractivity contribution in [3.05, 3.63) is 28.8 Å². The van der Waals surface area contributed by atoms with Gasteiger partial charge in [0.05, 0.1) is 5.69 Å². The Kier molecular flexibility index (Phi) is 6.07. The maximum atomic E-state index is 12.4. The van der Waals surface area contributed by atoms with Crippen LogP contribution in [0.3, 0.4) is 0 Å². The molecule has 1 aliphatic heterocycles. The van der Waals surface area contributed by atoms with E-state index in [1.165, 1.54) is 11.8 Å². The van der Waals surface area contributed by atoms with Gasteiger partial charge in [0.15, 0.2) is 5.17 Å². The summed E-state index contributed by atoms with van der Waals surface area (Å²) in [7, 11) is 0. The van der Waals surface area contributed by atoms with Crippen LogP contribution >= 0.6 is 23.4 Å². The summed E-state index contributed by atoms with van der Waals surface area (Å²) in [5.74, 6) is -0.185. The number of hydrogen-bond donors (Lipinski definition) is 1. The van der Waals surface area contributed by atoms with Crippen molar-refractivity contribution in [2.45, 2.75) is 32.4 Å². The van der Waals surface area contributed by atoms with E-state index in [4.69, 9.17) is 11.6 Å². The molecule has 1 aromatic carbocycles. The summed E-state index contributed by atoms with van der Waals surface area (Å²) >= 11 is 7.45. The quantitative estimate of drug-likeness (QED) is 0.884. The van der Waals surface area contributed by atoms with E-state index in [0.29, 0.717) is 29.0 Å². The highest BCUT2D eigenvalue weighted by molar-refractivity contribution is 8.15. The number of amides is 2. The number of amidine groups is 1. The fourth-order valence-electron chi connectivity index (χ4n) is 2.22. The molecule has 0 aliphatic carbocycles. The van der Waals surface area contributed by atoms with Gasteiger partial charge >= 0.3 is 0 Å². The van der Waals surface area contributed by atoms with Crippen molar-refractivity contribution in [1.82, 2.24) is 10.2 Å². The third kappa shape index (κ3) is 4.26. The van der Waals surface area contributed by atoms with Crippen LogP contribution in [0, 0.1) is 6.92 Å². The van der Waals surface area contributed by atoms with Gasteiger partial charge in [-0.1, -0.05) is 29.4 Å². The average molecular weight is 354 g/mol. The monoisotopic (exact) mass is 353 g/mol. The van der Waals surface area contributed by atoms with Crippen molar-refractivity contribution in [1.29, 1.82) is 0 Å². The van der Waals surface area contributed by atoms with E-state index in [9.17, 15) is 9.59 Å². The number of hydrogen-bond acceptors (Lipinski definition) is 4. The lowest BCUT2D eigenvalue weighted by Crippen LogP contribution is -2.34. The van der Waals surface area contributed by atoms with Gasteiger partial charge in [0.2, 0.25) is 11.8 Å². The average Bonchev–Trinajstić information content (AvgIpc) is 2.78. The molecule has 0 saturated carbocycles. The fourth-order valence-corrected chi connectivity index (χ4v) is 3.61. The molecule has 1 fully saturated rings. The summed E-state index contributed by atoms with van der Waals surface area (Å²) in [6.07, 6.45) is 0.168. The minimum absolute atomic E-state index is 0.0688. The minimum Gasteiger partial charge on any atom is -0.356 e. The first-order chi connectivity index (χ1) is 11.0. The van der Waals surface area contributed by atoms with E-state index in [-0.39, 0.29) is 18.2 Å². The van der Waals surface area contributed by atoms with Crippen LogP contribution in [0.4, 0.5) is 5.69 Å². The number of aryl methyl sites for hydroxylation is 1. The van der Waals surface area contributed by atoms with Crippen LogP contribution in [0.15, 0.2) is 23.2 Å². The first-order valence-corrected chi connectivity index (χ1v) is 8.81. The fraction of sp³-hybridized carbons (Fsp3) is 0.438. The zero-order valence-electron chi connectivity index (χ0n) is 13.4. The Balaban J connectivity index is 2.20. The standard InChI is InChI=1S/C16H20ClN3O2S/c1-4-18-14(21)9-13-15(22)20(5-2)16(23-13)19-11-7-6-10(3)12(17)8-11/h6-8,13H,4-5,9H2,1-3H3,(H,18,21). The smallest absolute Gasteiger partial charge is 0.242 e. The number of halogens is 1. The molecule has 2 rings (SSSR count). The predicted octanol–water partition coefficient (Wildman–Crippen LogP) is 3.13. The van der Waals surface area contributed by atoms with E-state index >= 15 is 0 Å². The van der Waals surface area contributed by atoms with Gasteiger partial charge in [-0.05, 0) is 38.5 Å². The van der Waals surface area contributed by atoms with Gasteiger partial charge in [-0.15, -0.1) is 0 Å². The molecule has 7 heteroatoms. The number of rotatable bonds is 5. The minimum atomic E-state index is -0.416. The van der Waals surface area contributed by atoms with E-state index in [1.54, 1.807) is 11.0 Å². The van der Waals surface area contributed by atoms with Crippen molar-refractivity contribution < 1.29 is 9.59 Å². The Morgan fingerprint density at radius 1 is 1.43 bits per heavy atom. The van der Waals surface area contributed by atoms with Crippen molar-refractivity contribution >= 4 is 46.0 Å². The molecule has 1 aliphatic rings. The third-order valence-electron chi connectivity index (χ3n) is 3.46. The summed E-state index contributed by atoms with van der Waals surface area (Å²) in [6, 6.07) is 5.54. The van der Waals surface area contributed by atoms with Gasteiger partial charge in [0.25, 0.3) is 0 Å². The molecule has 1 unspecified atom stereocenters. The van der Waals surface area contributed by atoms with Gasteiger partial charge in [0, 0.05) is 24.5 Å². The van der Waals surface area contributed by atoms with Gasteiger partial charge in [-0.2, -0.15) is 0 Å². The molecule has 0 spiro atoms. The second kappa shape index (κ2) is 7.84. The van der Waals surface area contributed by atoms with Crippen molar-refractivity contribution in [2.24, 2.45) is 4.99 Å². The van der Waals surface area contributed by atoms with E-state index in [0.717, 1.165) is 5.56 Å². The third-order valence-corrected chi connectivity index (χ3v) is 5.04. The number of thioether (sulfide) groups is 1. The summed E-state index contributed by atoms with van der Waals surface area (Å²) in [6.45, 7) is 6.76. The molecule has 1 saturated heterocycles. The van der Waals surface area contributed by atoms with Crippen molar-refractivity contribution in [3.8, 4) is 0 Å². The molecule has 23 heavy (non-hydrogen) atoms. The topological polar surface area (TPSA) is 61.8 Å². The van der Waals surface area contributed by atoms with E-state index in [1.807, 2.05) is 32.9 Å². The Bertz CT molecular complexity index is 648. The molecule has 2 amide bonds. The van der Waals surface area contributed by atoms with Crippen LogP contribution in [-0.4, -0.2) is 40.2 Å². The first-order valence-electron chi connectivity index (χ1n) is 7.55. The molecule has 0 aromatic heterocycles. The summed E-state index contributed by atoms with van der Waals surface area (Å²) in [5, 5.41) is 3.57. The Labute approximate surface area is 145 Å². The maximum absolute atomic E-state index is 12.4. The molecule has 124 valence electrons. The number of nitrogens with one attached hydrogen (secondary N) is 1. The predicted molar refractivity (Wildman–Crippen MR) is 95.4 cm³/mol. The normalized spacial score (nSPS) is 19.5. The Morgan fingerprint density at radius 3 is 2.78 bits per heavy atom. The van der Waals surface area contributed by atoms with Gasteiger partial charge in [-0.3, -0.25) is 14.5 Å². The van der Waals surface area contributed by atoms with Crippen molar-refractivity contribution in [2.75, 3.05) is 13.1 Å². The van der Waals surface area contributed by atoms with E-state index < -0.39 is 5.25 Å². The molecule has 1 aromatic rings. The molecule has 1 atom stereocenters. The van der Waals surface area contributed by atoms with Crippen LogP contribution in [0.25, 0.3) is 0 Å². The Morgan fingerprint density at radius 2 is 2.17 bits per heavy atom. The lowest BCUT2D eigenvalue weighted by atomic mass is 10.2. The number of carbonyl (C=O) groups is 2. The largest absolute Gasteiger partial charge is 0.356 e. The number of aliphatic imine (C=N–C) groups is 1. The summed E-state index contributed by atoms with van der Waals surface area (Å²) in [5.41, 5.74) is 1.68. The van der Waals surface area contributed by atoms with Gasteiger partial charge in [0.1, 0.15) is 5.25 Å². The zero-order chi connectivity index (χ0) is 17.0. The second-order valence-electron chi connectivity index (χ2n) is 5.17. The molecule has 1 heterocycles. The molecule has 0 bridgehead atoms. The SMILES string of the molecule is CCNC(=O)CC1SC(=Nc2ccc(C)c(Cl)c2)N(CC)C1=O.